The molecular formula is C16H16ClFN6O3. The van der Waals surface area contributed by atoms with Gasteiger partial charge in [-0.2, -0.15) is 9.90 Å². The number of nitrogens with zero attached hydrogens (tertiary/aromatic N) is 3. The van der Waals surface area contributed by atoms with Crippen molar-refractivity contribution in [3.8, 4) is 5.69 Å². The van der Waals surface area contributed by atoms with Crippen molar-refractivity contribution in [3.63, 3.8) is 0 Å². The molecule has 1 atom stereocenters. The fraction of sp³-hybridized carbons (Fsp3) is 0.312. The molecule has 1 unspecified atom stereocenters. The third-order valence-corrected chi connectivity index (χ3v) is 4.65. The summed E-state index contributed by atoms with van der Waals surface area (Å²) in [6.07, 6.45) is 1.21. The minimum absolute atomic E-state index is 0.0333. The molecule has 1 saturated heterocycles. The number of carbonyl (C=O) groups excluding carboxylic acids is 3. The van der Waals surface area contributed by atoms with E-state index in [0.29, 0.717) is 0 Å². The molecule has 2 aromatic rings. The predicted octanol–water partition coefficient (Wildman–Crippen LogP) is 1.02. The van der Waals surface area contributed by atoms with Gasteiger partial charge in [0.2, 0.25) is 0 Å². The molecule has 2 heterocycles. The zero-order valence-corrected chi connectivity index (χ0v) is 15.2. The molecule has 1 aromatic carbocycles. The first-order chi connectivity index (χ1) is 12.7. The lowest BCUT2D eigenvalue weighted by atomic mass is 9.86. The molecule has 9 nitrogen and oxygen atoms in total. The summed E-state index contributed by atoms with van der Waals surface area (Å²) in [4.78, 5) is 37.0. The number of benzene rings is 1. The van der Waals surface area contributed by atoms with Gasteiger partial charge in [0.1, 0.15) is 11.4 Å². The summed E-state index contributed by atoms with van der Waals surface area (Å²) in [6, 6.07) is 3.37. The summed E-state index contributed by atoms with van der Waals surface area (Å²) >= 11 is 5.64. The number of imide groups is 1. The maximum absolute atomic E-state index is 13.6. The summed E-state index contributed by atoms with van der Waals surface area (Å²) in [6.45, 7) is 3.38. The molecule has 27 heavy (non-hydrogen) atoms. The molecule has 1 aromatic heterocycles. The van der Waals surface area contributed by atoms with Crippen LogP contribution in [-0.2, 0) is 4.79 Å². The smallest absolute Gasteiger partial charge is 0.322 e. The second-order valence-electron chi connectivity index (χ2n) is 6.33. The SMILES string of the molecule is CC(C)C1(CNC(=O)c2cnn(-c3ccc(Cl)c(F)c3)n2)NC(=O)NC1=O. The van der Waals surface area contributed by atoms with E-state index in [1.165, 1.54) is 18.3 Å². The number of aromatic nitrogens is 3. The number of amides is 4. The minimum atomic E-state index is -1.25. The van der Waals surface area contributed by atoms with Gasteiger partial charge in [-0.15, -0.1) is 5.10 Å². The van der Waals surface area contributed by atoms with Crippen LogP contribution < -0.4 is 16.0 Å². The van der Waals surface area contributed by atoms with Crippen molar-refractivity contribution in [1.82, 2.24) is 30.9 Å². The molecule has 1 aliphatic rings. The van der Waals surface area contributed by atoms with Gasteiger partial charge in [0.25, 0.3) is 11.8 Å². The van der Waals surface area contributed by atoms with Crippen molar-refractivity contribution in [2.75, 3.05) is 6.54 Å². The van der Waals surface area contributed by atoms with Crippen molar-refractivity contribution in [2.45, 2.75) is 19.4 Å². The van der Waals surface area contributed by atoms with E-state index in [9.17, 15) is 18.8 Å². The van der Waals surface area contributed by atoms with Crippen LogP contribution in [0.15, 0.2) is 24.4 Å². The zero-order valence-electron chi connectivity index (χ0n) is 14.4. The first kappa shape index (κ1) is 18.8. The molecule has 1 fully saturated rings. The molecule has 0 saturated carbocycles. The van der Waals surface area contributed by atoms with Crippen LogP contribution in [0.5, 0.6) is 0 Å². The average Bonchev–Trinajstić information content (AvgIpc) is 3.20. The predicted molar refractivity (Wildman–Crippen MR) is 92.9 cm³/mol. The van der Waals surface area contributed by atoms with E-state index in [0.717, 1.165) is 10.9 Å². The Morgan fingerprint density at radius 3 is 2.74 bits per heavy atom. The van der Waals surface area contributed by atoms with Gasteiger partial charge in [-0.3, -0.25) is 14.9 Å². The molecule has 142 valence electrons. The molecule has 3 rings (SSSR count). The van der Waals surface area contributed by atoms with Crippen molar-refractivity contribution in [3.05, 3.63) is 40.9 Å². The molecular weight excluding hydrogens is 379 g/mol. The number of rotatable bonds is 5. The summed E-state index contributed by atoms with van der Waals surface area (Å²) in [5, 5.41) is 15.2. The Labute approximate surface area is 158 Å². The van der Waals surface area contributed by atoms with Crippen LogP contribution in [0.3, 0.4) is 0 Å². The normalized spacial score (nSPS) is 19.1. The van der Waals surface area contributed by atoms with E-state index in [1.807, 2.05) is 0 Å². The number of halogens is 2. The number of carbonyl (C=O) groups is 3. The first-order valence-corrected chi connectivity index (χ1v) is 8.40. The van der Waals surface area contributed by atoms with Crippen LogP contribution in [-0.4, -0.2) is 44.9 Å². The van der Waals surface area contributed by atoms with Crippen molar-refractivity contribution < 1.29 is 18.8 Å². The third-order valence-electron chi connectivity index (χ3n) is 4.34. The number of hydrogen-bond acceptors (Lipinski definition) is 5. The van der Waals surface area contributed by atoms with E-state index in [2.05, 4.69) is 26.1 Å². The van der Waals surface area contributed by atoms with Crippen molar-refractivity contribution in [1.29, 1.82) is 0 Å². The molecule has 0 radical (unpaired) electrons. The number of urea groups is 1. The zero-order chi connectivity index (χ0) is 19.8. The fourth-order valence-corrected chi connectivity index (χ4v) is 2.77. The second kappa shape index (κ2) is 6.95. The highest BCUT2D eigenvalue weighted by atomic mass is 35.5. The number of nitrogens with one attached hydrogen (secondary N) is 3. The lowest BCUT2D eigenvalue weighted by Crippen LogP contribution is -2.58. The van der Waals surface area contributed by atoms with Gasteiger partial charge < -0.3 is 10.6 Å². The Morgan fingerprint density at radius 2 is 2.15 bits per heavy atom. The van der Waals surface area contributed by atoms with Crippen LogP contribution in [0.25, 0.3) is 5.69 Å². The average molecular weight is 395 g/mol. The third kappa shape index (κ3) is 3.47. The van der Waals surface area contributed by atoms with Crippen molar-refractivity contribution in [2.24, 2.45) is 5.92 Å². The maximum Gasteiger partial charge on any atom is 0.322 e. The highest BCUT2D eigenvalue weighted by molar-refractivity contribution is 6.30. The molecule has 3 N–H and O–H groups in total. The van der Waals surface area contributed by atoms with Gasteiger partial charge in [0.05, 0.1) is 23.5 Å². The van der Waals surface area contributed by atoms with Crippen LogP contribution in [0.4, 0.5) is 9.18 Å². The Hall–Kier alpha value is -3.01. The topological polar surface area (TPSA) is 118 Å². The van der Waals surface area contributed by atoms with Gasteiger partial charge in [-0.25, -0.2) is 9.18 Å². The van der Waals surface area contributed by atoms with Crippen LogP contribution in [0, 0.1) is 11.7 Å². The van der Waals surface area contributed by atoms with Gasteiger partial charge in [0.15, 0.2) is 5.69 Å². The van der Waals surface area contributed by atoms with E-state index in [-0.39, 0.29) is 28.9 Å². The molecule has 0 bridgehead atoms. The van der Waals surface area contributed by atoms with Crippen LogP contribution >= 0.6 is 11.6 Å². The molecule has 4 amide bonds. The largest absolute Gasteiger partial charge is 0.348 e. The summed E-state index contributed by atoms with van der Waals surface area (Å²) in [5.41, 5.74) is -0.992. The molecule has 0 spiro atoms. The Balaban J connectivity index is 1.73. The Kier molecular flexibility index (Phi) is 4.83. The first-order valence-electron chi connectivity index (χ1n) is 8.02. The van der Waals surface area contributed by atoms with E-state index >= 15 is 0 Å². The fourth-order valence-electron chi connectivity index (χ4n) is 2.65. The Morgan fingerprint density at radius 1 is 1.41 bits per heavy atom. The maximum atomic E-state index is 13.6. The second-order valence-corrected chi connectivity index (χ2v) is 6.74. The molecule has 11 heteroatoms. The minimum Gasteiger partial charge on any atom is -0.348 e. The van der Waals surface area contributed by atoms with Crippen molar-refractivity contribution >= 4 is 29.4 Å². The lowest BCUT2D eigenvalue weighted by Gasteiger charge is -2.30. The highest BCUT2D eigenvalue weighted by Crippen LogP contribution is 2.21. The molecule has 0 aliphatic carbocycles. The quantitative estimate of drug-likeness (QED) is 0.654. The summed E-state index contributed by atoms with van der Waals surface area (Å²) in [7, 11) is 0. The Bertz CT molecular complexity index is 931. The van der Waals surface area contributed by atoms with E-state index < -0.39 is 29.2 Å². The van der Waals surface area contributed by atoms with Crippen LogP contribution in [0.2, 0.25) is 5.02 Å². The highest BCUT2D eigenvalue weighted by Gasteiger charge is 2.48. The van der Waals surface area contributed by atoms with Gasteiger partial charge >= 0.3 is 6.03 Å². The monoisotopic (exact) mass is 394 g/mol. The number of hydrogen-bond donors (Lipinski definition) is 3. The summed E-state index contributed by atoms with van der Waals surface area (Å²) < 4.78 is 13.6. The van der Waals surface area contributed by atoms with E-state index in [1.54, 1.807) is 13.8 Å². The standard InChI is InChI=1S/C16H16ClFN6O3/c1-8(2)16(14(26)21-15(27)22-16)7-19-13(25)12-6-20-24(23-12)9-3-4-10(17)11(18)5-9/h3-6,8H,7H2,1-2H3,(H,19,25)(H2,21,22,26,27). The molecule has 1 aliphatic heterocycles. The van der Waals surface area contributed by atoms with Gasteiger partial charge in [-0.05, 0) is 18.1 Å². The lowest BCUT2D eigenvalue weighted by molar-refractivity contribution is -0.125. The summed E-state index contributed by atoms with van der Waals surface area (Å²) in [5.74, 6) is -2.01. The van der Waals surface area contributed by atoms with Crippen LogP contribution in [0.1, 0.15) is 24.3 Å². The van der Waals surface area contributed by atoms with Gasteiger partial charge in [0, 0.05) is 6.07 Å². The van der Waals surface area contributed by atoms with E-state index in [4.69, 9.17) is 11.6 Å². The van der Waals surface area contributed by atoms with Gasteiger partial charge in [-0.1, -0.05) is 25.4 Å².